The van der Waals surface area contributed by atoms with Crippen LogP contribution >= 0.6 is 0 Å². The second kappa shape index (κ2) is 6.73. The summed E-state index contributed by atoms with van der Waals surface area (Å²) in [6.07, 6.45) is 6.43. The Morgan fingerprint density at radius 1 is 1.05 bits per heavy atom. The van der Waals surface area contributed by atoms with Gasteiger partial charge in [0.05, 0.1) is 5.92 Å². The lowest BCUT2D eigenvalue weighted by Crippen LogP contribution is -2.21. The van der Waals surface area contributed by atoms with Crippen molar-refractivity contribution in [1.82, 2.24) is 0 Å². The highest BCUT2D eigenvalue weighted by Crippen LogP contribution is 2.29. The molecule has 2 atom stereocenters. The minimum absolute atomic E-state index is 0.125. The highest BCUT2D eigenvalue weighted by Gasteiger charge is 2.27. The van der Waals surface area contributed by atoms with Crippen molar-refractivity contribution in [3.8, 4) is 12.3 Å². The summed E-state index contributed by atoms with van der Waals surface area (Å²) >= 11 is 0. The molecule has 1 nitrogen and oxygen atoms in total. The lowest BCUT2D eigenvalue weighted by molar-refractivity contribution is 0.0908. The standard InChI is InChI=1S/C19H18O/c1-3-17(15-11-7-5-8-12-15)18(4-2)19(20)16-13-9-6-10-14-16/h1,5-14,17-18H,4H2,2H3/t17-,18-/m1/s1. The first-order chi connectivity index (χ1) is 9.77. The van der Waals surface area contributed by atoms with Crippen molar-refractivity contribution in [3.05, 3.63) is 71.8 Å². The number of benzene rings is 2. The molecular weight excluding hydrogens is 244 g/mol. The van der Waals surface area contributed by atoms with E-state index in [1.807, 2.05) is 67.6 Å². The Bertz CT molecular complexity index is 593. The van der Waals surface area contributed by atoms with Gasteiger partial charge in [0, 0.05) is 11.5 Å². The minimum Gasteiger partial charge on any atom is -0.294 e. The van der Waals surface area contributed by atoms with Crippen molar-refractivity contribution in [2.45, 2.75) is 19.3 Å². The van der Waals surface area contributed by atoms with Crippen molar-refractivity contribution in [1.29, 1.82) is 0 Å². The number of ketones is 1. The molecular formula is C19H18O. The molecule has 0 saturated heterocycles. The van der Waals surface area contributed by atoms with E-state index in [4.69, 9.17) is 6.42 Å². The van der Waals surface area contributed by atoms with E-state index < -0.39 is 0 Å². The Kier molecular flexibility index (Phi) is 4.74. The monoisotopic (exact) mass is 262 g/mol. The van der Waals surface area contributed by atoms with E-state index in [9.17, 15) is 4.79 Å². The molecule has 0 unspecified atom stereocenters. The van der Waals surface area contributed by atoms with Crippen LogP contribution in [-0.4, -0.2) is 5.78 Å². The zero-order chi connectivity index (χ0) is 14.4. The summed E-state index contributed by atoms with van der Waals surface area (Å²) in [7, 11) is 0. The largest absolute Gasteiger partial charge is 0.294 e. The first-order valence-electron chi connectivity index (χ1n) is 6.88. The maximum Gasteiger partial charge on any atom is 0.167 e. The number of terminal acetylenes is 1. The molecule has 2 rings (SSSR count). The van der Waals surface area contributed by atoms with Crippen LogP contribution in [0.1, 0.15) is 35.2 Å². The number of carbonyl (C=O) groups excluding carboxylic acids is 1. The van der Waals surface area contributed by atoms with Gasteiger partial charge in [-0.2, -0.15) is 0 Å². The molecule has 0 radical (unpaired) electrons. The molecule has 0 aliphatic heterocycles. The Labute approximate surface area is 120 Å². The number of rotatable bonds is 5. The fourth-order valence-electron chi connectivity index (χ4n) is 2.49. The molecule has 0 aliphatic carbocycles. The molecule has 0 saturated carbocycles. The maximum atomic E-state index is 12.7. The summed E-state index contributed by atoms with van der Waals surface area (Å²) in [6, 6.07) is 19.2. The van der Waals surface area contributed by atoms with Crippen LogP contribution < -0.4 is 0 Å². The van der Waals surface area contributed by atoms with Gasteiger partial charge in [-0.3, -0.25) is 4.79 Å². The SMILES string of the molecule is C#C[C@H](c1ccccc1)[C@@H](CC)C(=O)c1ccccc1. The fourth-order valence-corrected chi connectivity index (χ4v) is 2.49. The lowest BCUT2D eigenvalue weighted by atomic mass is 9.80. The average Bonchev–Trinajstić information content (AvgIpc) is 2.53. The van der Waals surface area contributed by atoms with Crippen molar-refractivity contribution < 1.29 is 4.79 Å². The molecule has 0 N–H and O–H groups in total. The fraction of sp³-hybridized carbons (Fsp3) is 0.211. The third-order valence-corrected chi connectivity index (χ3v) is 3.58. The van der Waals surface area contributed by atoms with Crippen LogP contribution in [0.3, 0.4) is 0 Å². The summed E-state index contributed by atoms with van der Waals surface area (Å²) in [5.41, 5.74) is 1.77. The van der Waals surface area contributed by atoms with Crippen molar-refractivity contribution in [2.75, 3.05) is 0 Å². The van der Waals surface area contributed by atoms with Gasteiger partial charge < -0.3 is 0 Å². The van der Waals surface area contributed by atoms with E-state index in [0.717, 1.165) is 17.5 Å². The van der Waals surface area contributed by atoms with Gasteiger partial charge in [-0.15, -0.1) is 6.42 Å². The van der Waals surface area contributed by atoms with Crippen LogP contribution in [-0.2, 0) is 0 Å². The first-order valence-corrected chi connectivity index (χ1v) is 6.88. The van der Waals surface area contributed by atoms with Crippen LogP contribution in [0.5, 0.6) is 0 Å². The van der Waals surface area contributed by atoms with Gasteiger partial charge in [-0.1, -0.05) is 73.5 Å². The summed E-state index contributed by atoms with van der Waals surface area (Å²) in [5.74, 6) is 2.58. The number of hydrogen-bond acceptors (Lipinski definition) is 1. The first kappa shape index (κ1) is 14.1. The van der Waals surface area contributed by atoms with E-state index >= 15 is 0 Å². The zero-order valence-electron chi connectivity index (χ0n) is 11.6. The average molecular weight is 262 g/mol. The van der Waals surface area contributed by atoms with Gasteiger partial charge in [-0.05, 0) is 12.0 Å². The van der Waals surface area contributed by atoms with Gasteiger partial charge in [0.1, 0.15) is 0 Å². The van der Waals surface area contributed by atoms with E-state index in [0.29, 0.717) is 0 Å². The molecule has 0 bridgehead atoms. The maximum absolute atomic E-state index is 12.7. The van der Waals surface area contributed by atoms with Crippen LogP contribution in [0, 0.1) is 18.3 Å². The Balaban J connectivity index is 2.32. The molecule has 2 aromatic rings. The minimum atomic E-state index is -0.176. The van der Waals surface area contributed by atoms with E-state index in [1.54, 1.807) is 0 Å². The third-order valence-electron chi connectivity index (χ3n) is 3.58. The molecule has 0 fully saturated rings. The van der Waals surface area contributed by atoms with Crippen molar-refractivity contribution in [3.63, 3.8) is 0 Å². The van der Waals surface area contributed by atoms with Crippen LogP contribution in [0.25, 0.3) is 0 Å². The molecule has 2 aromatic carbocycles. The number of carbonyl (C=O) groups is 1. The molecule has 20 heavy (non-hydrogen) atoms. The van der Waals surface area contributed by atoms with Gasteiger partial charge in [0.2, 0.25) is 0 Å². The molecule has 0 spiro atoms. The molecule has 0 heterocycles. The van der Waals surface area contributed by atoms with E-state index in [2.05, 4.69) is 5.92 Å². The molecule has 1 heteroatoms. The van der Waals surface area contributed by atoms with Gasteiger partial charge >= 0.3 is 0 Å². The summed E-state index contributed by atoms with van der Waals surface area (Å²) in [5, 5.41) is 0. The predicted octanol–water partition coefficient (Wildman–Crippen LogP) is 4.31. The highest BCUT2D eigenvalue weighted by molar-refractivity contribution is 5.98. The Morgan fingerprint density at radius 2 is 1.60 bits per heavy atom. The lowest BCUT2D eigenvalue weighted by Gasteiger charge is -2.21. The summed E-state index contributed by atoms with van der Waals surface area (Å²) in [6.45, 7) is 2.01. The third kappa shape index (κ3) is 2.97. The van der Waals surface area contributed by atoms with E-state index in [1.165, 1.54) is 0 Å². The number of hydrogen-bond donors (Lipinski definition) is 0. The van der Waals surface area contributed by atoms with Crippen molar-refractivity contribution in [2.24, 2.45) is 5.92 Å². The van der Waals surface area contributed by atoms with Crippen LogP contribution in [0.4, 0.5) is 0 Å². The second-order valence-corrected chi connectivity index (χ2v) is 4.80. The summed E-state index contributed by atoms with van der Waals surface area (Å²) < 4.78 is 0. The Hall–Kier alpha value is -2.33. The quantitative estimate of drug-likeness (QED) is 0.579. The van der Waals surface area contributed by atoms with Gasteiger partial charge in [-0.25, -0.2) is 0 Å². The van der Waals surface area contributed by atoms with Crippen molar-refractivity contribution >= 4 is 5.78 Å². The molecule has 0 aliphatic rings. The second-order valence-electron chi connectivity index (χ2n) is 4.80. The topological polar surface area (TPSA) is 17.1 Å². The molecule has 0 aromatic heterocycles. The van der Waals surface area contributed by atoms with Crippen LogP contribution in [0.15, 0.2) is 60.7 Å². The molecule has 0 amide bonds. The van der Waals surface area contributed by atoms with E-state index in [-0.39, 0.29) is 17.6 Å². The highest BCUT2D eigenvalue weighted by atomic mass is 16.1. The smallest absolute Gasteiger partial charge is 0.167 e. The normalized spacial score (nSPS) is 13.2. The van der Waals surface area contributed by atoms with Gasteiger partial charge in [0.15, 0.2) is 5.78 Å². The zero-order valence-corrected chi connectivity index (χ0v) is 11.6. The predicted molar refractivity (Wildman–Crippen MR) is 82.6 cm³/mol. The van der Waals surface area contributed by atoms with Gasteiger partial charge in [0.25, 0.3) is 0 Å². The molecule has 100 valence electrons. The Morgan fingerprint density at radius 3 is 2.10 bits per heavy atom. The van der Waals surface area contributed by atoms with Crippen LogP contribution in [0.2, 0.25) is 0 Å². The number of Topliss-reactive ketones (excluding diaryl/α,β-unsaturated/α-hetero) is 1. The summed E-state index contributed by atoms with van der Waals surface area (Å²) in [4.78, 5) is 12.7.